The van der Waals surface area contributed by atoms with Crippen LogP contribution in [-0.4, -0.2) is 31.7 Å². The van der Waals surface area contributed by atoms with E-state index in [1.165, 1.54) is 26.0 Å². The number of aliphatic hydroxyl groups is 1. The molecule has 3 aromatic rings. The van der Waals surface area contributed by atoms with E-state index in [0.717, 1.165) is 26.1 Å². The lowest BCUT2D eigenvalue weighted by Crippen LogP contribution is -2.41. The van der Waals surface area contributed by atoms with Gasteiger partial charge < -0.3 is 15.0 Å². The molecule has 6 nitrogen and oxygen atoms in total. The van der Waals surface area contributed by atoms with Crippen LogP contribution in [-0.2, 0) is 11.5 Å². The number of hydrogen-bond acceptors (Lipinski definition) is 5. The van der Waals surface area contributed by atoms with Crippen molar-refractivity contribution in [1.29, 1.82) is 0 Å². The minimum atomic E-state index is -3.92. The van der Waals surface area contributed by atoms with Gasteiger partial charge in [0.25, 0.3) is 12.0 Å². The highest BCUT2D eigenvalue weighted by molar-refractivity contribution is 5.89. The monoisotopic (exact) mass is 514 g/mol. The number of aromatic nitrogens is 3. The van der Waals surface area contributed by atoms with E-state index in [4.69, 9.17) is 0 Å². The Morgan fingerprint density at radius 1 is 1.14 bits per heavy atom. The number of fused-ring (bicyclic) bond motifs is 1. The molecule has 12 heteroatoms. The van der Waals surface area contributed by atoms with E-state index in [9.17, 15) is 31.9 Å². The fourth-order valence-electron chi connectivity index (χ4n) is 4.14. The molecule has 1 unspecified atom stereocenters. The maximum atomic E-state index is 15.2. The summed E-state index contributed by atoms with van der Waals surface area (Å²) in [6.07, 6.45) is -1.91. The Balaban J connectivity index is 1.82. The van der Waals surface area contributed by atoms with Crippen molar-refractivity contribution in [3.8, 4) is 0 Å². The minimum absolute atomic E-state index is 0.0190. The summed E-state index contributed by atoms with van der Waals surface area (Å²) in [6.45, 7) is 4.56. The highest BCUT2D eigenvalue weighted by Gasteiger charge is 2.54. The summed E-state index contributed by atoms with van der Waals surface area (Å²) in [7, 11) is 0. The lowest BCUT2D eigenvalue weighted by molar-refractivity contribution is -0.170. The largest absolute Gasteiger partial charge is 0.384 e. The maximum Gasteiger partial charge on any atom is 0.303 e. The highest BCUT2D eigenvalue weighted by Crippen LogP contribution is 2.48. The molecule has 0 aliphatic heterocycles. The molecule has 1 fully saturated rings. The Morgan fingerprint density at radius 2 is 1.78 bits per heavy atom. The number of hydrogen-bond donors (Lipinski definition) is 2. The van der Waals surface area contributed by atoms with Gasteiger partial charge in [-0.1, -0.05) is 12.1 Å². The van der Waals surface area contributed by atoms with Gasteiger partial charge in [-0.25, -0.2) is 23.1 Å². The first-order chi connectivity index (χ1) is 16.6. The normalized spacial score (nSPS) is 16.4. The van der Waals surface area contributed by atoms with E-state index in [0.29, 0.717) is 4.57 Å². The zero-order chi connectivity index (χ0) is 26.8. The first-order valence-electron chi connectivity index (χ1n) is 11.2. The number of rotatable bonds is 7. The number of nitrogens with one attached hydrogen (secondary N) is 1. The van der Waals surface area contributed by atoms with Gasteiger partial charge in [0, 0.05) is 11.8 Å². The molecular weight excluding hydrogens is 490 g/mol. The van der Waals surface area contributed by atoms with Crippen molar-refractivity contribution in [1.82, 2.24) is 14.5 Å². The van der Waals surface area contributed by atoms with E-state index < -0.39 is 57.8 Å². The summed E-state index contributed by atoms with van der Waals surface area (Å²) < 4.78 is 87.6. The van der Waals surface area contributed by atoms with Gasteiger partial charge in [-0.2, -0.15) is 13.2 Å². The third kappa shape index (κ3) is 4.00. The van der Waals surface area contributed by atoms with Crippen LogP contribution in [0.3, 0.4) is 0 Å². The number of nitrogens with zero attached hydrogens (tertiary/aromatic N) is 3. The molecule has 0 bridgehead atoms. The Morgan fingerprint density at radius 3 is 2.33 bits per heavy atom. The molecule has 1 saturated carbocycles. The molecule has 1 aliphatic rings. The quantitative estimate of drug-likeness (QED) is 0.426. The third-order valence-corrected chi connectivity index (χ3v) is 6.53. The number of alkyl halides is 4. The smallest absolute Gasteiger partial charge is 0.303 e. The van der Waals surface area contributed by atoms with Crippen LogP contribution in [0, 0.1) is 18.6 Å². The predicted molar refractivity (Wildman–Crippen MR) is 120 cm³/mol. The van der Waals surface area contributed by atoms with Crippen LogP contribution in [0.15, 0.2) is 29.2 Å². The Bertz CT molecular complexity index is 1400. The molecule has 36 heavy (non-hydrogen) atoms. The van der Waals surface area contributed by atoms with Gasteiger partial charge in [-0.15, -0.1) is 0 Å². The van der Waals surface area contributed by atoms with Crippen LogP contribution in [0.2, 0.25) is 0 Å². The number of halogens is 6. The average molecular weight is 514 g/mol. The highest BCUT2D eigenvalue weighted by atomic mass is 19.3. The summed E-state index contributed by atoms with van der Waals surface area (Å²) in [5.41, 5.74) is -7.26. The Labute approximate surface area is 202 Å². The van der Waals surface area contributed by atoms with Gasteiger partial charge in [-0.3, -0.25) is 4.79 Å². The molecule has 1 atom stereocenters. The number of anilines is 1. The van der Waals surface area contributed by atoms with Crippen molar-refractivity contribution < 1.29 is 31.4 Å². The van der Waals surface area contributed by atoms with Gasteiger partial charge >= 0.3 is 5.92 Å². The van der Waals surface area contributed by atoms with Crippen molar-refractivity contribution in [2.24, 2.45) is 0 Å². The van der Waals surface area contributed by atoms with Crippen LogP contribution < -0.4 is 10.9 Å². The molecule has 194 valence electrons. The van der Waals surface area contributed by atoms with E-state index in [2.05, 4.69) is 15.3 Å². The Hall–Kier alpha value is -3.15. The fourth-order valence-corrected chi connectivity index (χ4v) is 4.14. The van der Waals surface area contributed by atoms with Gasteiger partial charge in [-0.05, 0) is 46.6 Å². The number of pyridine rings is 1. The molecule has 2 aromatic heterocycles. The second-order valence-corrected chi connectivity index (χ2v) is 9.61. The summed E-state index contributed by atoms with van der Waals surface area (Å²) in [4.78, 5) is 20.6. The molecule has 0 saturated heterocycles. The lowest BCUT2D eigenvalue weighted by atomic mass is 9.91. The SMILES string of the molecule is Cc1nc(NC(C)c2cccc(C(F)(F)C(C)(C)O)c2F)c2cn(C3(C(F)F)CC3)c(=O)c(F)c2n1. The predicted octanol–water partition coefficient (Wildman–Crippen LogP) is 5.17. The van der Waals surface area contributed by atoms with Gasteiger partial charge in [0.1, 0.15) is 34.1 Å². The standard InChI is InChI=1S/C24H24F6N4O2/c1-11(13-6-5-7-15(16(13)25)24(29,30)22(3,4)36)31-19-14-10-34(23(8-9-23)21(27)28)20(35)17(26)18(14)32-12(2)33-19/h5-7,10-11,21,36H,8-9H2,1-4H3,(H,31,32,33). The van der Waals surface area contributed by atoms with Crippen molar-refractivity contribution in [3.63, 3.8) is 0 Å². The van der Waals surface area contributed by atoms with E-state index in [1.807, 2.05) is 0 Å². The molecule has 0 amide bonds. The molecule has 2 heterocycles. The molecule has 0 radical (unpaired) electrons. The summed E-state index contributed by atoms with van der Waals surface area (Å²) >= 11 is 0. The van der Waals surface area contributed by atoms with Crippen LogP contribution in [0.5, 0.6) is 0 Å². The van der Waals surface area contributed by atoms with Crippen molar-refractivity contribution >= 4 is 16.7 Å². The second kappa shape index (κ2) is 8.46. The maximum absolute atomic E-state index is 15.2. The van der Waals surface area contributed by atoms with E-state index in [-0.39, 0.29) is 35.4 Å². The molecule has 0 spiro atoms. The zero-order valence-electron chi connectivity index (χ0n) is 19.8. The third-order valence-electron chi connectivity index (χ3n) is 6.53. The average Bonchev–Trinajstić information content (AvgIpc) is 3.57. The van der Waals surface area contributed by atoms with Crippen molar-refractivity contribution in [2.45, 2.75) is 70.1 Å². The van der Waals surface area contributed by atoms with Crippen LogP contribution in [0.4, 0.5) is 32.2 Å². The Kier molecular flexibility index (Phi) is 6.09. The van der Waals surface area contributed by atoms with Crippen LogP contribution in [0.25, 0.3) is 10.9 Å². The van der Waals surface area contributed by atoms with E-state index >= 15 is 4.39 Å². The summed E-state index contributed by atoms with van der Waals surface area (Å²) in [6, 6.07) is 2.29. The van der Waals surface area contributed by atoms with Crippen molar-refractivity contribution in [2.75, 3.05) is 5.32 Å². The molecule has 2 N–H and O–H groups in total. The number of aryl methyl sites for hydroxylation is 1. The topological polar surface area (TPSA) is 80.0 Å². The first kappa shape index (κ1) is 25.9. The lowest BCUT2D eigenvalue weighted by Gasteiger charge is -2.30. The van der Waals surface area contributed by atoms with Crippen LogP contribution >= 0.6 is 0 Å². The molecular formula is C24H24F6N4O2. The van der Waals surface area contributed by atoms with Crippen LogP contribution in [0.1, 0.15) is 56.6 Å². The van der Waals surface area contributed by atoms with E-state index in [1.54, 1.807) is 0 Å². The molecule has 4 rings (SSSR count). The van der Waals surface area contributed by atoms with Gasteiger partial charge in [0.05, 0.1) is 17.0 Å². The number of benzene rings is 1. The zero-order valence-corrected chi connectivity index (χ0v) is 19.8. The second-order valence-electron chi connectivity index (χ2n) is 9.61. The first-order valence-corrected chi connectivity index (χ1v) is 11.2. The fraction of sp³-hybridized carbons (Fsp3) is 0.458. The molecule has 1 aliphatic carbocycles. The summed E-state index contributed by atoms with van der Waals surface area (Å²) in [5, 5.41) is 12.6. The van der Waals surface area contributed by atoms with Gasteiger partial charge in [0.15, 0.2) is 0 Å². The van der Waals surface area contributed by atoms with Crippen molar-refractivity contribution in [3.05, 3.63) is 63.3 Å². The summed E-state index contributed by atoms with van der Waals surface area (Å²) in [5.74, 6) is -6.58. The minimum Gasteiger partial charge on any atom is -0.384 e. The molecule has 1 aromatic carbocycles. The van der Waals surface area contributed by atoms with Gasteiger partial charge in [0.2, 0.25) is 5.82 Å².